The van der Waals surface area contributed by atoms with Crippen molar-refractivity contribution in [3.05, 3.63) is 57.6 Å². The van der Waals surface area contributed by atoms with Crippen molar-refractivity contribution in [3.8, 4) is 0 Å². The van der Waals surface area contributed by atoms with Crippen LogP contribution in [0, 0.1) is 0 Å². The molecule has 27 heavy (non-hydrogen) atoms. The third-order valence-electron chi connectivity index (χ3n) is 4.12. The molecule has 1 aliphatic rings. The molecule has 3 rings (SSSR count). The lowest BCUT2D eigenvalue weighted by Crippen LogP contribution is -2.33. The second-order valence-electron chi connectivity index (χ2n) is 6.22. The zero-order valence-corrected chi connectivity index (χ0v) is 15.8. The summed E-state index contributed by atoms with van der Waals surface area (Å²) in [6, 6.07) is 5.71. The minimum atomic E-state index is -4.59. The van der Waals surface area contributed by atoms with E-state index in [-0.39, 0.29) is 24.7 Å². The zero-order valence-electron chi connectivity index (χ0n) is 14.2. The molecule has 1 aliphatic heterocycles. The van der Waals surface area contributed by atoms with Gasteiger partial charge in [0.2, 0.25) is 5.82 Å². The smallest absolute Gasteiger partial charge is 0.371 e. The predicted molar refractivity (Wildman–Crippen MR) is 95.2 cm³/mol. The van der Waals surface area contributed by atoms with Gasteiger partial charge in [0.05, 0.1) is 12.7 Å². The average Bonchev–Trinajstić information content (AvgIpc) is 2.64. The van der Waals surface area contributed by atoms with E-state index in [9.17, 15) is 18.0 Å². The van der Waals surface area contributed by atoms with Crippen LogP contribution in [0.4, 0.5) is 13.2 Å². The number of carbonyl (C=O) groups excluding carboxylic acids is 1. The summed E-state index contributed by atoms with van der Waals surface area (Å²) in [5.74, 6) is -1.35. The van der Waals surface area contributed by atoms with Crippen molar-refractivity contribution in [1.29, 1.82) is 0 Å². The first-order chi connectivity index (χ1) is 12.8. The van der Waals surface area contributed by atoms with E-state index in [4.69, 9.17) is 4.74 Å². The van der Waals surface area contributed by atoms with E-state index in [1.165, 1.54) is 0 Å². The number of benzene rings is 1. The maximum absolute atomic E-state index is 12.5. The van der Waals surface area contributed by atoms with E-state index in [1.807, 2.05) is 18.2 Å². The first kappa shape index (κ1) is 19.9. The predicted octanol–water partition coefficient (Wildman–Crippen LogP) is 3.27. The zero-order chi connectivity index (χ0) is 19.4. The normalized spacial score (nSPS) is 17.7. The molecule has 1 saturated heterocycles. The van der Waals surface area contributed by atoms with Crippen molar-refractivity contribution in [2.24, 2.45) is 0 Å². The highest BCUT2D eigenvalue weighted by atomic mass is 79.9. The molecule has 5 nitrogen and oxygen atoms in total. The summed E-state index contributed by atoms with van der Waals surface area (Å²) in [6.45, 7) is 2.22. The molecule has 0 radical (unpaired) electrons. The molecule has 1 atom stereocenters. The second-order valence-corrected chi connectivity index (χ2v) is 7.07. The van der Waals surface area contributed by atoms with Crippen molar-refractivity contribution >= 4 is 21.7 Å². The van der Waals surface area contributed by atoms with E-state index < -0.39 is 12.0 Å². The lowest BCUT2D eigenvalue weighted by Gasteiger charge is -2.24. The lowest BCUT2D eigenvalue weighted by molar-refractivity contribution is -0.145. The molecule has 2 aromatic rings. The SMILES string of the molecule is O=C(Cc1cnc(C(F)(F)F)nc1)Cc1ccc([C@H]2CNCCO2)cc1Br. The van der Waals surface area contributed by atoms with Crippen LogP contribution < -0.4 is 5.32 Å². The van der Waals surface area contributed by atoms with Gasteiger partial charge in [-0.25, -0.2) is 9.97 Å². The number of morpholine rings is 1. The quantitative estimate of drug-likeness (QED) is 0.767. The van der Waals surface area contributed by atoms with Gasteiger partial charge in [-0.1, -0.05) is 28.1 Å². The molecule has 2 heterocycles. The number of ether oxygens (including phenoxy) is 1. The Kier molecular flexibility index (Phi) is 6.23. The minimum Gasteiger partial charge on any atom is -0.371 e. The first-order valence-corrected chi connectivity index (χ1v) is 9.12. The molecule has 0 saturated carbocycles. The largest absolute Gasteiger partial charge is 0.451 e. The molecule has 0 unspecified atom stereocenters. The molecule has 1 aromatic carbocycles. The van der Waals surface area contributed by atoms with Gasteiger partial charge in [0.15, 0.2) is 0 Å². The van der Waals surface area contributed by atoms with Crippen LogP contribution in [0.5, 0.6) is 0 Å². The fourth-order valence-corrected chi connectivity index (χ4v) is 3.32. The van der Waals surface area contributed by atoms with Gasteiger partial charge in [0, 0.05) is 42.8 Å². The Labute approximate surface area is 162 Å². The number of nitrogens with zero attached hydrogens (tertiary/aromatic N) is 2. The number of rotatable bonds is 5. The fraction of sp³-hybridized carbons (Fsp3) is 0.389. The van der Waals surface area contributed by atoms with Crippen LogP contribution in [-0.2, 0) is 28.5 Å². The van der Waals surface area contributed by atoms with E-state index in [0.29, 0.717) is 12.2 Å². The summed E-state index contributed by atoms with van der Waals surface area (Å²) in [4.78, 5) is 18.8. The van der Waals surface area contributed by atoms with Gasteiger partial charge >= 0.3 is 6.18 Å². The Morgan fingerprint density at radius 2 is 2.00 bits per heavy atom. The number of nitrogens with one attached hydrogen (secondary N) is 1. The number of ketones is 1. The molecule has 9 heteroatoms. The van der Waals surface area contributed by atoms with Crippen molar-refractivity contribution in [3.63, 3.8) is 0 Å². The van der Waals surface area contributed by atoms with Crippen LogP contribution in [0.15, 0.2) is 35.1 Å². The summed E-state index contributed by atoms with van der Waals surface area (Å²) in [5, 5.41) is 3.26. The topological polar surface area (TPSA) is 64.1 Å². The highest BCUT2D eigenvalue weighted by Gasteiger charge is 2.34. The van der Waals surface area contributed by atoms with Gasteiger partial charge in [-0.3, -0.25) is 4.79 Å². The molecule has 1 fully saturated rings. The summed E-state index contributed by atoms with van der Waals surface area (Å²) in [6.07, 6.45) is -2.40. The molecule has 0 spiro atoms. The van der Waals surface area contributed by atoms with Crippen LogP contribution in [0.25, 0.3) is 0 Å². The van der Waals surface area contributed by atoms with Gasteiger partial charge < -0.3 is 10.1 Å². The van der Waals surface area contributed by atoms with E-state index >= 15 is 0 Å². The number of hydrogen-bond acceptors (Lipinski definition) is 5. The molecule has 144 valence electrons. The first-order valence-electron chi connectivity index (χ1n) is 8.33. The number of alkyl halides is 3. The number of Topliss-reactive ketones (excluding diaryl/α,β-unsaturated/α-hetero) is 1. The summed E-state index contributed by atoms with van der Waals surface area (Å²) < 4.78 is 43.9. The second kappa shape index (κ2) is 8.45. The molecule has 1 aromatic heterocycles. The van der Waals surface area contributed by atoms with Crippen molar-refractivity contribution in [2.75, 3.05) is 19.7 Å². The average molecular weight is 444 g/mol. The van der Waals surface area contributed by atoms with Crippen LogP contribution in [0.3, 0.4) is 0 Å². The van der Waals surface area contributed by atoms with Gasteiger partial charge in [-0.05, 0) is 22.8 Å². The molecule has 0 bridgehead atoms. The maximum atomic E-state index is 12.5. The Balaban J connectivity index is 1.62. The number of carbonyl (C=O) groups is 1. The third-order valence-corrected chi connectivity index (χ3v) is 4.86. The Morgan fingerprint density at radius 1 is 1.26 bits per heavy atom. The van der Waals surface area contributed by atoms with E-state index in [2.05, 4.69) is 31.2 Å². The van der Waals surface area contributed by atoms with E-state index in [1.54, 1.807) is 0 Å². The Bertz CT molecular complexity index is 806. The van der Waals surface area contributed by atoms with Crippen LogP contribution in [0.2, 0.25) is 0 Å². The molecule has 1 N–H and O–H groups in total. The molecule has 0 amide bonds. The highest BCUT2D eigenvalue weighted by molar-refractivity contribution is 9.10. The van der Waals surface area contributed by atoms with Gasteiger partial charge in [0.25, 0.3) is 0 Å². The van der Waals surface area contributed by atoms with Gasteiger partial charge in [-0.2, -0.15) is 13.2 Å². The Hall–Kier alpha value is -1.84. The van der Waals surface area contributed by atoms with Gasteiger partial charge in [-0.15, -0.1) is 0 Å². The van der Waals surface area contributed by atoms with Crippen molar-refractivity contribution in [2.45, 2.75) is 25.1 Å². The summed E-state index contributed by atoms with van der Waals surface area (Å²) >= 11 is 3.48. The molecular formula is C18H17BrF3N3O2. The number of halogens is 4. The van der Waals surface area contributed by atoms with E-state index in [0.717, 1.165) is 41.1 Å². The number of aromatic nitrogens is 2. The van der Waals surface area contributed by atoms with Crippen LogP contribution >= 0.6 is 15.9 Å². The summed E-state index contributed by atoms with van der Waals surface area (Å²) in [5.41, 5.74) is 2.17. The minimum absolute atomic E-state index is 0.0240. The van der Waals surface area contributed by atoms with Crippen molar-refractivity contribution < 1.29 is 22.7 Å². The third kappa shape index (κ3) is 5.33. The van der Waals surface area contributed by atoms with Crippen LogP contribution in [-0.4, -0.2) is 35.4 Å². The van der Waals surface area contributed by atoms with Gasteiger partial charge in [0.1, 0.15) is 5.78 Å². The highest BCUT2D eigenvalue weighted by Crippen LogP contribution is 2.27. The Morgan fingerprint density at radius 3 is 2.59 bits per heavy atom. The van der Waals surface area contributed by atoms with Crippen molar-refractivity contribution in [1.82, 2.24) is 15.3 Å². The fourth-order valence-electron chi connectivity index (χ4n) is 2.78. The standard InChI is InChI=1S/C18H17BrF3N3O2/c19-15-7-13(16-10-23-3-4-27-16)2-1-12(15)6-14(26)5-11-8-24-17(25-9-11)18(20,21)22/h1-2,7-9,16,23H,3-6,10H2/t16-/m1/s1. The van der Waals surface area contributed by atoms with Crippen LogP contribution in [0.1, 0.15) is 28.6 Å². The monoisotopic (exact) mass is 443 g/mol. The lowest BCUT2D eigenvalue weighted by atomic mass is 10.0. The maximum Gasteiger partial charge on any atom is 0.451 e. The number of hydrogen-bond donors (Lipinski definition) is 1. The molecule has 0 aliphatic carbocycles. The molecular weight excluding hydrogens is 427 g/mol. The summed E-state index contributed by atoms with van der Waals surface area (Å²) in [7, 11) is 0.